The fourth-order valence-corrected chi connectivity index (χ4v) is 2.19. The summed E-state index contributed by atoms with van der Waals surface area (Å²) in [5.41, 5.74) is 1.24. The average Bonchev–Trinajstić information content (AvgIpc) is 2.38. The number of aliphatic hydroxyl groups is 1. The summed E-state index contributed by atoms with van der Waals surface area (Å²) in [6.45, 7) is 5.15. The highest BCUT2D eigenvalue weighted by molar-refractivity contribution is 5.37. The van der Waals surface area contributed by atoms with Gasteiger partial charge < -0.3 is 10.4 Å². The number of rotatable bonds is 6. The fourth-order valence-electron chi connectivity index (χ4n) is 2.19. The van der Waals surface area contributed by atoms with E-state index in [2.05, 4.69) is 24.1 Å². The molecule has 0 bridgehead atoms. The third-order valence-electron chi connectivity index (χ3n) is 3.05. The molecule has 5 nitrogen and oxygen atoms in total. The quantitative estimate of drug-likeness (QED) is 0.831. The zero-order valence-electron chi connectivity index (χ0n) is 11.9. The molecule has 0 aliphatic heterocycles. The van der Waals surface area contributed by atoms with E-state index >= 15 is 0 Å². The average molecular weight is 275 g/mol. The molecule has 1 atom stereocenters. The Kier molecular flexibility index (Phi) is 4.87. The smallest absolute Gasteiger partial charge is 0.258 e. The number of aromatic nitrogens is 2. The van der Waals surface area contributed by atoms with Gasteiger partial charge in [0.15, 0.2) is 0 Å². The van der Waals surface area contributed by atoms with E-state index in [-0.39, 0.29) is 11.7 Å². The molecule has 0 saturated carbocycles. The minimum Gasteiger partial charge on any atom is -0.392 e. The maximum absolute atomic E-state index is 11.9. The molecule has 1 unspecified atom stereocenters. The second-order valence-electron chi connectivity index (χ2n) is 5.43. The third-order valence-corrected chi connectivity index (χ3v) is 3.05. The van der Waals surface area contributed by atoms with Gasteiger partial charge >= 0.3 is 0 Å². The van der Waals surface area contributed by atoms with Crippen molar-refractivity contribution in [3.63, 3.8) is 0 Å². The highest BCUT2D eigenvalue weighted by Crippen LogP contribution is 2.03. The Morgan fingerprint density at radius 3 is 2.95 bits per heavy atom. The SMILES string of the molecule is CC(C)CC(O)CNCc1cc(=O)n2ccccc2n1. The Hall–Kier alpha value is -1.72. The summed E-state index contributed by atoms with van der Waals surface area (Å²) in [4.78, 5) is 16.3. The summed E-state index contributed by atoms with van der Waals surface area (Å²) in [5, 5.41) is 12.9. The summed E-state index contributed by atoms with van der Waals surface area (Å²) in [5.74, 6) is 0.468. The maximum Gasteiger partial charge on any atom is 0.258 e. The standard InChI is InChI=1S/C15H21N3O2/c1-11(2)7-13(19)10-16-9-12-8-15(20)18-6-4-3-5-14(18)17-12/h3-6,8,11,13,16,19H,7,9-10H2,1-2H3. The Bertz CT molecular complexity index is 622. The summed E-state index contributed by atoms with van der Waals surface area (Å²) in [6.07, 6.45) is 2.10. The van der Waals surface area contributed by atoms with Crippen molar-refractivity contribution in [3.8, 4) is 0 Å². The Morgan fingerprint density at radius 2 is 2.20 bits per heavy atom. The van der Waals surface area contributed by atoms with Crippen LogP contribution in [0.15, 0.2) is 35.3 Å². The van der Waals surface area contributed by atoms with Crippen LogP contribution in [0.3, 0.4) is 0 Å². The van der Waals surface area contributed by atoms with Crippen LogP contribution in [-0.4, -0.2) is 27.1 Å². The van der Waals surface area contributed by atoms with E-state index < -0.39 is 0 Å². The van der Waals surface area contributed by atoms with Gasteiger partial charge in [0.2, 0.25) is 0 Å². The molecule has 2 rings (SSSR count). The van der Waals surface area contributed by atoms with Crippen molar-refractivity contribution in [3.05, 3.63) is 46.5 Å². The maximum atomic E-state index is 11.9. The van der Waals surface area contributed by atoms with E-state index in [1.165, 1.54) is 10.5 Å². The molecule has 0 saturated heterocycles. The normalized spacial score (nSPS) is 13.0. The molecule has 0 spiro atoms. The van der Waals surface area contributed by atoms with Gasteiger partial charge in [-0.2, -0.15) is 0 Å². The Morgan fingerprint density at radius 1 is 1.40 bits per heavy atom. The largest absolute Gasteiger partial charge is 0.392 e. The van der Waals surface area contributed by atoms with Crippen molar-refractivity contribution in [1.82, 2.24) is 14.7 Å². The number of nitrogens with one attached hydrogen (secondary N) is 1. The van der Waals surface area contributed by atoms with Crippen molar-refractivity contribution in [2.75, 3.05) is 6.54 Å². The summed E-state index contributed by atoms with van der Waals surface area (Å²) >= 11 is 0. The molecule has 108 valence electrons. The summed E-state index contributed by atoms with van der Waals surface area (Å²) < 4.78 is 1.51. The van der Waals surface area contributed by atoms with Crippen LogP contribution in [0.4, 0.5) is 0 Å². The van der Waals surface area contributed by atoms with Crippen molar-refractivity contribution in [1.29, 1.82) is 0 Å². The molecule has 20 heavy (non-hydrogen) atoms. The van der Waals surface area contributed by atoms with E-state index in [0.717, 1.165) is 6.42 Å². The van der Waals surface area contributed by atoms with E-state index in [1.54, 1.807) is 18.3 Å². The van der Waals surface area contributed by atoms with E-state index in [9.17, 15) is 9.90 Å². The zero-order chi connectivity index (χ0) is 14.5. The minimum atomic E-state index is -0.364. The molecule has 0 amide bonds. The lowest BCUT2D eigenvalue weighted by molar-refractivity contribution is 0.146. The topological polar surface area (TPSA) is 66.6 Å². The molecule has 2 N–H and O–H groups in total. The molecule has 5 heteroatoms. The van der Waals surface area contributed by atoms with E-state index in [1.807, 2.05) is 6.07 Å². The van der Waals surface area contributed by atoms with Crippen LogP contribution in [0.25, 0.3) is 5.65 Å². The second kappa shape index (κ2) is 6.63. The van der Waals surface area contributed by atoms with Gasteiger partial charge in [-0.3, -0.25) is 9.20 Å². The zero-order valence-corrected chi connectivity index (χ0v) is 11.9. The first-order valence-corrected chi connectivity index (χ1v) is 6.92. The molecular formula is C15H21N3O2. The lowest BCUT2D eigenvalue weighted by Crippen LogP contribution is -2.28. The molecule has 0 fully saturated rings. The molecule has 2 aromatic rings. The van der Waals surface area contributed by atoms with Crippen LogP contribution < -0.4 is 10.9 Å². The number of aliphatic hydroxyl groups excluding tert-OH is 1. The number of pyridine rings is 1. The molecule has 2 aromatic heterocycles. The van der Waals surface area contributed by atoms with Crippen LogP contribution in [0.1, 0.15) is 26.0 Å². The van der Waals surface area contributed by atoms with E-state index in [0.29, 0.717) is 30.3 Å². The predicted octanol–water partition coefficient (Wildman–Crippen LogP) is 1.19. The fraction of sp³-hybridized carbons (Fsp3) is 0.467. The first kappa shape index (κ1) is 14.7. The molecule has 2 heterocycles. The number of hydrogen-bond donors (Lipinski definition) is 2. The molecule has 0 aliphatic carbocycles. The van der Waals surface area contributed by atoms with Crippen LogP contribution in [-0.2, 0) is 6.54 Å². The lowest BCUT2D eigenvalue weighted by atomic mass is 10.1. The summed E-state index contributed by atoms with van der Waals surface area (Å²) in [7, 11) is 0. The van der Waals surface area contributed by atoms with Gasteiger partial charge in [0.05, 0.1) is 11.8 Å². The van der Waals surface area contributed by atoms with Gasteiger partial charge in [0.1, 0.15) is 5.65 Å². The van der Waals surface area contributed by atoms with Crippen LogP contribution >= 0.6 is 0 Å². The van der Waals surface area contributed by atoms with Crippen molar-refractivity contribution >= 4 is 5.65 Å². The van der Waals surface area contributed by atoms with Crippen LogP contribution in [0.2, 0.25) is 0 Å². The van der Waals surface area contributed by atoms with Gasteiger partial charge in [0, 0.05) is 25.4 Å². The van der Waals surface area contributed by atoms with E-state index in [4.69, 9.17) is 0 Å². The van der Waals surface area contributed by atoms with Gasteiger partial charge in [0.25, 0.3) is 5.56 Å². The van der Waals surface area contributed by atoms with Gasteiger partial charge in [-0.15, -0.1) is 0 Å². The lowest BCUT2D eigenvalue weighted by Gasteiger charge is -2.13. The Labute approximate surface area is 118 Å². The second-order valence-corrected chi connectivity index (χ2v) is 5.43. The molecule has 0 aliphatic rings. The third kappa shape index (κ3) is 3.88. The highest BCUT2D eigenvalue weighted by atomic mass is 16.3. The predicted molar refractivity (Wildman–Crippen MR) is 78.6 cm³/mol. The molecular weight excluding hydrogens is 254 g/mol. The first-order chi connectivity index (χ1) is 9.56. The van der Waals surface area contributed by atoms with Crippen molar-refractivity contribution in [2.45, 2.75) is 32.9 Å². The number of hydrogen-bond acceptors (Lipinski definition) is 4. The number of fused-ring (bicyclic) bond motifs is 1. The van der Waals surface area contributed by atoms with Gasteiger partial charge in [-0.1, -0.05) is 19.9 Å². The van der Waals surface area contributed by atoms with Crippen molar-refractivity contribution in [2.24, 2.45) is 5.92 Å². The van der Waals surface area contributed by atoms with Crippen LogP contribution in [0, 0.1) is 5.92 Å². The van der Waals surface area contributed by atoms with Crippen LogP contribution in [0.5, 0.6) is 0 Å². The van der Waals surface area contributed by atoms with Gasteiger partial charge in [-0.25, -0.2) is 4.98 Å². The highest BCUT2D eigenvalue weighted by Gasteiger charge is 2.07. The first-order valence-electron chi connectivity index (χ1n) is 6.92. The minimum absolute atomic E-state index is 0.0878. The summed E-state index contributed by atoms with van der Waals surface area (Å²) in [6, 6.07) is 6.98. The van der Waals surface area contributed by atoms with Gasteiger partial charge in [-0.05, 0) is 24.5 Å². The number of nitrogens with zero attached hydrogens (tertiary/aromatic N) is 2. The molecule has 0 radical (unpaired) electrons. The van der Waals surface area contributed by atoms with Crippen molar-refractivity contribution < 1.29 is 5.11 Å². The molecule has 0 aromatic carbocycles. The monoisotopic (exact) mass is 275 g/mol. The Balaban J connectivity index is 1.98.